The molecule has 5 nitrogen and oxygen atoms in total. The number of carbonyl (C=O) groups excluding carboxylic acids is 1. The molecular formula is C32H31N3O2. The van der Waals surface area contributed by atoms with Crippen LogP contribution in [0, 0.1) is 17.2 Å². The molecule has 0 spiro atoms. The molecule has 0 saturated heterocycles. The van der Waals surface area contributed by atoms with Crippen LogP contribution in [0.4, 0.5) is 0 Å². The van der Waals surface area contributed by atoms with Crippen LogP contribution in [0.15, 0.2) is 103 Å². The molecular weight excluding hydrogens is 458 g/mol. The number of nitrogens with zero attached hydrogens (tertiary/aromatic N) is 1. The average molecular weight is 490 g/mol. The van der Waals surface area contributed by atoms with Crippen LogP contribution in [0.1, 0.15) is 32.6 Å². The number of hydrogen-bond acceptors (Lipinski definition) is 4. The fraction of sp³-hybridized carbons (Fsp3) is 0.188. The van der Waals surface area contributed by atoms with Gasteiger partial charge < -0.3 is 16.2 Å². The van der Waals surface area contributed by atoms with Gasteiger partial charge in [0.05, 0.1) is 11.6 Å². The van der Waals surface area contributed by atoms with E-state index in [0.717, 1.165) is 27.8 Å². The van der Waals surface area contributed by atoms with E-state index in [9.17, 15) is 15.2 Å². The van der Waals surface area contributed by atoms with Crippen molar-refractivity contribution in [2.45, 2.75) is 25.4 Å². The monoisotopic (exact) mass is 489 g/mol. The van der Waals surface area contributed by atoms with Crippen molar-refractivity contribution in [1.29, 1.82) is 5.26 Å². The zero-order valence-corrected chi connectivity index (χ0v) is 20.7. The summed E-state index contributed by atoms with van der Waals surface area (Å²) in [5.74, 6) is -0.413. The Balaban J connectivity index is 1.54. The standard InChI is InChI=1S/C32H31N3O2/c33-20-25-9-4-8-24(16-25)17-30(22-36)31(19-23-6-2-1-3-7-23)35-32(37)28-14-12-27(13-15-28)29-11-5-10-26(18-29)21-34/h1-16,18,30-31,36H,17,19,21-22,34H2,(H,35,37). The van der Waals surface area contributed by atoms with Crippen LogP contribution in [-0.2, 0) is 19.4 Å². The van der Waals surface area contributed by atoms with Crippen LogP contribution in [0.2, 0.25) is 0 Å². The smallest absolute Gasteiger partial charge is 0.251 e. The second kappa shape index (κ2) is 12.6. The molecule has 4 aromatic rings. The molecule has 0 aliphatic carbocycles. The summed E-state index contributed by atoms with van der Waals surface area (Å²) in [6.07, 6.45) is 1.12. The molecule has 0 saturated carbocycles. The number of nitrogens with one attached hydrogen (secondary N) is 1. The number of amides is 1. The van der Waals surface area contributed by atoms with Crippen LogP contribution in [-0.4, -0.2) is 23.7 Å². The molecule has 0 bridgehead atoms. The lowest BCUT2D eigenvalue weighted by molar-refractivity contribution is 0.0903. The highest BCUT2D eigenvalue weighted by atomic mass is 16.3. The number of hydrogen-bond donors (Lipinski definition) is 3. The fourth-order valence-corrected chi connectivity index (χ4v) is 4.55. The Bertz CT molecular complexity index is 1360. The molecule has 2 atom stereocenters. The number of nitrogens with two attached hydrogens (primary N) is 1. The lowest BCUT2D eigenvalue weighted by atomic mass is 9.88. The summed E-state index contributed by atoms with van der Waals surface area (Å²) >= 11 is 0. The minimum Gasteiger partial charge on any atom is -0.396 e. The summed E-state index contributed by atoms with van der Waals surface area (Å²) in [5, 5.41) is 22.8. The van der Waals surface area contributed by atoms with Gasteiger partial charge in [0.2, 0.25) is 0 Å². The van der Waals surface area contributed by atoms with E-state index in [2.05, 4.69) is 17.5 Å². The first kappa shape index (κ1) is 25.8. The normalized spacial score (nSPS) is 12.4. The minimum atomic E-state index is -0.299. The van der Waals surface area contributed by atoms with Crippen LogP contribution in [0.3, 0.4) is 0 Å². The van der Waals surface area contributed by atoms with E-state index < -0.39 is 0 Å². The highest BCUT2D eigenvalue weighted by Gasteiger charge is 2.24. The SMILES string of the molecule is N#Cc1cccc(CC(CO)C(Cc2ccccc2)NC(=O)c2ccc(-c3cccc(CN)c3)cc2)c1. The second-order valence-corrected chi connectivity index (χ2v) is 9.21. The van der Waals surface area contributed by atoms with Gasteiger partial charge in [-0.2, -0.15) is 5.26 Å². The van der Waals surface area contributed by atoms with E-state index in [0.29, 0.717) is 30.5 Å². The van der Waals surface area contributed by atoms with Gasteiger partial charge in [-0.1, -0.05) is 72.8 Å². The summed E-state index contributed by atoms with van der Waals surface area (Å²) in [5.41, 5.74) is 12.1. The maximum Gasteiger partial charge on any atom is 0.251 e. The summed E-state index contributed by atoms with van der Waals surface area (Å²) in [6, 6.07) is 34.8. The van der Waals surface area contributed by atoms with E-state index in [1.54, 1.807) is 6.07 Å². The van der Waals surface area contributed by atoms with Crippen molar-refractivity contribution < 1.29 is 9.90 Å². The van der Waals surface area contributed by atoms with Gasteiger partial charge in [-0.15, -0.1) is 0 Å². The molecule has 4 rings (SSSR count). The number of carbonyl (C=O) groups is 1. The highest BCUT2D eigenvalue weighted by Crippen LogP contribution is 2.22. The van der Waals surface area contributed by atoms with E-state index in [1.807, 2.05) is 91.0 Å². The number of rotatable bonds is 10. The molecule has 0 aliphatic heterocycles. The molecule has 0 aliphatic rings. The largest absolute Gasteiger partial charge is 0.396 e. The summed E-state index contributed by atoms with van der Waals surface area (Å²) in [4.78, 5) is 13.3. The van der Waals surface area contributed by atoms with Gasteiger partial charge in [0.1, 0.15) is 0 Å². The number of aliphatic hydroxyl groups excluding tert-OH is 1. The Morgan fingerprint density at radius 1 is 0.811 bits per heavy atom. The Labute approximate surface area is 218 Å². The van der Waals surface area contributed by atoms with E-state index in [-0.39, 0.29) is 24.5 Å². The third-order valence-electron chi connectivity index (χ3n) is 6.62. The maximum atomic E-state index is 13.3. The molecule has 186 valence electrons. The molecule has 0 fully saturated rings. The third kappa shape index (κ3) is 6.92. The summed E-state index contributed by atoms with van der Waals surface area (Å²) in [6.45, 7) is 0.384. The topological polar surface area (TPSA) is 99.1 Å². The molecule has 2 unspecified atom stereocenters. The first-order chi connectivity index (χ1) is 18.1. The van der Waals surface area contributed by atoms with Crippen LogP contribution in [0.5, 0.6) is 0 Å². The predicted octanol–water partition coefficient (Wildman–Crippen LogP) is 4.88. The fourth-order valence-electron chi connectivity index (χ4n) is 4.55. The first-order valence-electron chi connectivity index (χ1n) is 12.4. The second-order valence-electron chi connectivity index (χ2n) is 9.21. The van der Waals surface area contributed by atoms with Gasteiger partial charge in [0.15, 0.2) is 0 Å². The Morgan fingerprint density at radius 2 is 1.51 bits per heavy atom. The van der Waals surface area contributed by atoms with Crippen molar-refractivity contribution in [1.82, 2.24) is 5.32 Å². The average Bonchev–Trinajstić information content (AvgIpc) is 2.96. The third-order valence-corrected chi connectivity index (χ3v) is 6.62. The maximum absolute atomic E-state index is 13.3. The summed E-state index contributed by atoms with van der Waals surface area (Å²) in [7, 11) is 0. The molecule has 0 radical (unpaired) electrons. The molecule has 1 amide bonds. The van der Waals surface area contributed by atoms with Crippen LogP contribution >= 0.6 is 0 Å². The van der Waals surface area contributed by atoms with Crippen molar-refractivity contribution in [3.63, 3.8) is 0 Å². The Morgan fingerprint density at radius 3 is 2.22 bits per heavy atom. The molecule has 4 aromatic carbocycles. The van der Waals surface area contributed by atoms with Crippen molar-refractivity contribution >= 4 is 5.91 Å². The first-order valence-corrected chi connectivity index (χ1v) is 12.4. The quantitative estimate of drug-likeness (QED) is 0.296. The zero-order chi connectivity index (χ0) is 26.0. The van der Waals surface area contributed by atoms with Gasteiger partial charge >= 0.3 is 0 Å². The molecule has 0 heterocycles. The number of nitriles is 1. The number of aliphatic hydroxyl groups is 1. The van der Waals surface area contributed by atoms with Crippen molar-refractivity contribution in [3.8, 4) is 17.2 Å². The lowest BCUT2D eigenvalue weighted by Crippen LogP contribution is -2.44. The van der Waals surface area contributed by atoms with E-state index in [1.165, 1.54) is 0 Å². The molecule has 5 heteroatoms. The minimum absolute atomic E-state index is 0.0923. The van der Waals surface area contributed by atoms with Gasteiger partial charge in [-0.05, 0) is 71.0 Å². The predicted molar refractivity (Wildman–Crippen MR) is 147 cm³/mol. The zero-order valence-electron chi connectivity index (χ0n) is 20.7. The van der Waals surface area contributed by atoms with E-state index >= 15 is 0 Å². The van der Waals surface area contributed by atoms with Gasteiger partial charge in [0.25, 0.3) is 5.91 Å². The molecule has 0 aromatic heterocycles. The van der Waals surface area contributed by atoms with Crippen molar-refractivity contribution in [2.75, 3.05) is 6.61 Å². The van der Waals surface area contributed by atoms with Crippen molar-refractivity contribution in [3.05, 3.63) is 131 Å². The number of benzene rings is 4. The van der Waals surface area contributed by atoms with Crippen LogP contribution in [0.25, 0.3) is 11.1 Å². The van der Waals surface area contributed by atoms with Crippen molar-refractivity contribution in [2.24, 2.45) is 11.7 Å². The highest BCUT2D eigenvalue weighted by molar-refractivity contribution is 5.95. The Hall–Kier alpha value is -4.24. The Kier molecular flexibility index (Phi) is 8.83. The van der Waals surface area contributed by atoms with Gasteiger partial charge in [-0.25, -0.2) is 0 Å². The molecule has 37 heavy (non-hydrogen) atoms. The lowest BCUT2D eigenvalue weighted by Gasteiger charge is -2.27. The van der Waals surface area contributed by atoms with Gasteiger partial charge in [0, 0.05) is 30.7 Å². The van der Waals surface area contributed by atoms with E-state index in [4.69, 9.17) is 5.73 Å². The van der Waals surface area contributed by atoms with Crippen LogP contribution < -0.4 is 11.1 Å². The molecule has 4 N–H and O–H groups in total. The van der Waals surface area contributed by atoms with Gasteiger partial charge in [-0.3, -0.25) is 4.79 Å². The summed E-state index contributed by atoms with van der Waals surface area (Å²) < 4.78 is 0.